The van der Waals surface area contributed by atoms with Crippen molar-refractivity contribution in [3.63, 3.8) is 0 Å². The molecule has 1 heterocycles. The second kappa shape index (κ2) is 4.50. The van der Waals surface area contributed by atoms with Crippen LogP contribution >= 0.6 is 38.5 Å². The molecule has 0 atom stereocenters. The van der Waals surface area contributed by atoms with Gasteiger partial charge in [0.25, 0.3) is 6.43 Å². The predicted octanol–water partition coefficient (Wildman–Crippen LogP) is 3.39. The number of pyridine rings is 1. The first-order chi connectivity index (χ1) is 6.06. The normalized spacial score (nSPS) is 10.6. The zero-order valence-corrected chi connectivity index (χ0v) is 10.3. The van der Waals surface area contributed by atoms with Gasteiger partial charge in [0, 0.05) is 10.5 Å². The van der Waals surface area contributed by atoms with Crippen LogP contribution in [0, 0.1) is 3.70 Å². The molecule has 1 rings (SSSR count). The van der Waals surface area contributed by atoms with Crippen LogP contribution in [0.25, 0.3) is 0 Å². The fourth-order valence-electron chi connectivity index (χ4n) is 0.773. The Kier molecular flexibility index (Phi) is 3.84. The molecule has 0 saturated carbocycles. The van der Waals surface area contributed by atoms with Gasteiger partial charge in [-0.15, -0.1) is 0 Å². The van der Waals surface area contributed by atoms with E-state index in [0.29, 0.717) is 10.4 Å². The monoisotopic (exact) mass is 363 g/mol. The Bertz CT molecular complexity index is 298. The molecule has 0 spiro atoms. The molecular formula is C7H5BrF2INO. The average molecular weight is 364 g/mol. The highest BCUT2D eigenvalue weighted by atomic mass is 127. The van der Waals surface area contributed by atoms with E-state index in [4.69, 9.17) is 4.74 Å². The van der Waals surface area contributed by atoms with Crippen LogP contribution in [-0.2, 0) is 0 Å². The fourth-order valence-corrected chi connectivity index (χ4v) is 2.46. The third kappa shape index (κ3) is 2.49. The highest BCUT2D eigenvalue weighted by Crippen LogP contribution is 2.32. The first-order valence-electron chi connectivity index (χ1n) is 3.24. The third-order valence-electron chi connectivity index (χ3n) is 1.37. The SMILES string of the molecule is COc1cc(Br)c(C(F)F)c(I)n1. The van der Waals surface area contributed by atoms with Crippen molar-refractivity contribution >= 4 is 38.5 Å². The summed E-state index contributed by atoms with van der Waals surface area (Å²) in [5, 5.41) is 0. The molecule has 0 N–H and O–H groups in total. The van der Waals surface area contributed by atoms with Crippen molar-refractivity contribution in [3.05, 3.63) is 19.8 Å². The minimum absolute atomic E-state index is 0.0959. The zero-order valence-electron chi connectivity index (χ0n) is 6.52. The number of halogens is 4. The second-order valence-electron chi connectivity index (χ2n) is 2.15. The Morgan fingerprint density at radius 2 is 2.23 bits per heavy atom. The maximum absolute atomic E-state index is 12.4. The molecule has 1 aromatic rings. The molecule has 0 aromatic carbocycles. The lowest BCUT2D eigenvalue weighted by atomic mass is 10.3. The topological polar surface area (TPSA) is 22.1 Å². The number of hydrogen-bond donors (Lipinski definition) is 0. The zero-order chi connectivity index (χ0) is 10.0. The number of hydrogen-bond acceptors (Lipinski definition) is 2. The van der Waals surface area contributed by atoms with Gasteiger partial charge in [0.15, 0.2) is 0 Å². The van der Waals surface area contributed by atoms with Crippen LogP contribution in [0.2, 0.25) is 0 Å². The number of alkyl halides is 2. The van der Waals surface area contributed by atoms with E-state index in [0.717, 1.165) is 0 Å². The summed E-state index contributed by atoms with van der Waals surface area (Å²) in [6.07, 6.45) is -2.53. The van der Waals surface area contributed by atoms with Gasteiger partial charge in [0.05, 0.1) is 12.7 Å². The Balaban J connectivity index is 3.23. The number of nitrogens with zero attached hydrogens (tertiary/aromatic N) is 1. The van der Waals surface area contributed by atoms with E-state index in [2.05, 4.69) is 20.9 Å². The molecule has 72 valence electrons. The smallest absolute Gasteiger partial charge is 0.267 e. The van der Waals surface area contributed by atoms with Crippen LogP contribution < -0.4 is 4.74 Å². The van der Waals surface area contributed by atoms with E-state index in [9.17, 15) is 8.78 Å². The van der Waals surface area contributed by atoms with E-state index in [1.165, 1.54) is 13.2 Å². The number of rotatable bonds is 2. The Labute approximate surface area is 96.0 Å². The maximum atomic E-state index is 12.4. The van der Waals surface area contributed by atoms with Crippen LogP contribution in [0.4, 0.5) is 8.78 Å². The van der Waals surface area contributed by atoms with Crippen molar-refractivity contribution in [2.75, 3.05) is 7.11 Å². The van der Waals surface area contributed by atoms with Crippen molar-refractivity contribution < 1.29 is 13.5 Å². The molecule has 13 heavy (non-hydrogen) atoms. The van der Waals surface area contributed by atoms with Crippen LogP contribution in [0.5, 0.6) is 5.88 Å². The van der Waals surface area contributed by atoms with E-state index in [1.807, 2.05) is 0 Å². The minimum Gasteiger partial charge on any atom is -0.481 e. The third-order valence-corrected chi connectivity index (χ3v) is 2.84. The second-order valence-corrected chi connectivity index (χ2v) is 4.03. The molecule has 0 radical (unpaired) electrons. The van der Waals surface area contributed by atoms with Crippen molar-refractivity contribution in [2.45, 2.75) is 6.43 Å². The van der Waals surface area contributed by atoms with Gasteiger partial charge in [-0.25, -0.2) is 13.8 Å². The number of methoxy groups -OCH3 is 1. The summed E-state index contributed by atoms with van der Waals surface area (Å²) < 4.78 is 30.2. The van der Waals surface area contributed by atoms with Gasteiger partial charge in [-0.3, -0.25) is 0 Å². The van der Waals surface area contributed by atoms with Crippen molar-refractivity contribution in [1.29, 1.82) is 0 Å². The molecule has 0 aliphatic heterocycles. The van der Waals surface area contributed by atoms with E-state index >= 15 is 0 Å². The average Bonchev–Trinajstić information content (AvgIpc) is 2.02. The van der Waals surface area contributed by atoms with Gasteiger partial charge < -0.3 is 4.74 Å². The number of ether oxygens (including phenoxy) is 1. The molecule has 0 fully saturated rings. The van der Waals surface area contributed by atoms with E-state index < -0.39 is 6.43 Å². The van der Waals surface area contributed by atoms with Gasteiger partial charge in [-0.05, 0) is 22.6 Å². The van der Waals surface area contributed by atoms with Crippen molar-refractivity contribution in [1.82, 2.24) is 4.98 Å². The molecule has 0 saturated heterocycles. The highest BCUT2D eigenvalue weighted by molar-refractivity contribution is 14.1. The van der Waals surface area contributed by atoms with Gasteiger partial charge in [-0.2, -0.15) is 0 Å². The van der Waals surface area contributed by atoms with Gasteiger partial charge in [0.2, 0.25) is 5.88 Å². The molecule has 0 unspecified atom stereocenters. The van der Waals surface area contributed by atoms with Crippen molar-refractivity contribution in [3.8, 4) is 5.88 Å². The van der Waals surface area contributed by atoms with Gasteiger partial charge in [-0.1, -0.05) is 15.9 Å². The highest BCUT2D eigenvalue weighted by Gasteiger charge is 2.17. The van der Waals surface area contributed by atoms with E-state index in [1.54, 1.807) is 22.6 Å². The molecule has 0 amide bonds. The first-order valence-corrected chi connectivity index (χ1v) is 5.11. The molecular weight excluding hydrogens is 359 g/mol. The standard InChI is InChI=1S/C7H5BrF2INO/c1-13-4-2-3(8)5(6(9)10)7(11)12-4/h2,6H,1H3. The van der Waals surface area contributed by atoms with E-state index in [-0.39, 0.29) is 9.26 Å². The Morgan fingerprint density at radius 3 is 2.62 bits per heavy atom. The summed E-state index contributed by atoms with van der Waals surface area (Å²) in [5.74, 6) is 0.320. The lowest BCUT2D eigenvalue weighted by Crippen LogP contribution is -1.97. The summed E-state index contributed by atoms with van der Waals surface area (Å²) in [7, 11) is 1.44. The molecule has 2 nitrogen and oxygen atoms in total. The van der Waals surface area contributed by atoms with Crippen LogP contribution in [0.3, 0.4) is 0 Å². The number of aromatic nitrogens is 1. The molecule has 0 aliphatic rings. The summed E-state index contributed by atoms with van der Waals surface area (Å²) >= 11 is 4.78. The summed E-state index contributed by atoms with van der Waals surface area (Å²) in [4.78, 5) is 3.83. The lowest BCUT2D eigenvalue weighted by Gasteiger charge is -2.07. The Morgan fingerprint density at radius 1 is 1.62 bits per heavy atom. The minimum atomic E-state index is -2.53. The van der Waals surface area contributed by atoms with Gasteiger partial charge >= 0.3 is 0 Å². The lowest BCUT2D eigenvalue weighted by molar-refractivity contribution is 0.149. The first kappa shape index (κ1) is 11.1. The molecule has 0 bridgehead atoms. The Hall–Kier alpha value is 0.0200. The quantitative estimate of drug-likeness (QED) is 0.593. The maximum Gasteiger partial charge on any atom is 0.267 e. The van der Waals surface area contributed by atoms with Crippen LogP contribution in [0.15, 0.2) is 10.5 Å². The molecule has 1 aromatic heterocycles. The summed E-state index contributed by atoms with van der Waals surface area (Å²) in [6.45, 7) is 0. The molecule has 6 heteroatoms. The fraction of sp³-hybridized carbons (Fsp3) is 0.286. The van der Waals surface area contributed by atoms with Gasteiger partial charge in [0.1, 0.15) is 3.70 Å². The largest absolute Gasteiger partial charge is 0.481 e. The van der Waals surface area contributed by atoms with Crippen LogP contribution in [0.1, 0.15) is 12.0 Å². The summed E-state index contributed by atoms with van der Waals surface area (Å²) in [6, 6.07) is 1.42. The van der Waals surface area contributed by atoms with Crippen molar-refractivity contribution in [2.24, 2.45) is 0 Å². The summed E-state index contributed by atoms with van der Waals surface area (Å²) in [5.41, 5.74) is -0.0959. The molecule has 0 aliphatic carbocycles. The predicted molar refractivity (Wildman–Crippen MR) is 56.2 cm³/mol. The van der Waals surface area contributed by atoms with Crippen LogP contribution in [-0.4, -0.2) is 12.1 Å².